The molecular formula is C20H19N3O5. The van der Waals surface area contributed by atoms with E-state index in [1.54, 1.807) is 36.7 Å². The highest BCUT2D eigenvalue weighted by molar-refractivity contribution is 5.98. The second-order valence-corrected chi connectivity index (χ2v) is 5.72. The standard InChI is InChI=1S/C20H19N3O5/c1-26-16-7-6-15(10-18(16)28-13-14-4-2-8-21-11-14)23-19(24)12-22-20(25)17-5-3-9-27-17/h2-11H,12-13H2,1H3,(H,22,25)(H,23,24). The van der Waals surface area contributed by atoms with E-state index in [9.17, 15) is 9.59 Å². The highest BCUT2D eigenvalue weighted by Crippen LogP contribution is 2.30. The molecule has 2 amide bonds. The maximum Gasteiger partial charge on any atom is 0.287 e. The second kappa shape index (κ2) is 9.22. The summed E-state index contributed by atoms with van der Waals surface area (Å²) >= 11 is 0. The van der Waals surface area contributed by atoms with Gasteiger partial charge in [-0.1, -0.05) is 6.07 Å². The molecule has 0 unspecified atom stereocenters. The summed E-state index contributed by atoms with van der Waals surface area (Å²) in [6, 6.07) is 11.9. The number of rotatable bonds is 8. The van der Waals surface area contributed by atoms with Crippen LogP contribution in [0.1, 0.15) is 16.1 Å². The first-order valence-electron chi connectivity index (χ1n) is 8.47. The van der Waals surface area contributed by atoms with Crippen LogP contribution in [0.3, 0.4) is 0 Å². The first-order valence-corrected chi connectivity index (χ1v) is 8.47. The quantitative estimate of drug-likeness (QED) is 0.622. The van der Waals surface area contributed by atoms with E-state index in [4.69, 9.17) is 13.9 Å². The molecule has 1 aromatic carbocycles. The van der Waals surface area contributed by atoms with Gasteiger partial charge in [0.1, 0.15) is 6.61 Å². The number of carbonyl (C=O) groups is 2. The Labute approximate surface area is 161 Å². The van der Waals surface area contributed by atoms with Crippen LogP contribution in [-0.4, -0.2) is 30.5 Å². The number of hydrogen-bond donors (Lipinski definition) is 2. The lowest BCUT2D eigenvalue weighted by atomic mass is 10.2. The van der Waals surface area contributed by atoms with Gasteiger partial charge in [0, 0.05) is 29.7 Å². The summed E-state index contributed by atoms with van der Waals surface area (Å²) in [4.78, 5) is 27.9. The number of nitrogens with one attached hydrogen (secondary N) is 2. The maximum absolute atomic E-state index is 12.1. The molecule has 0 bridgehead atoms. The molecule has 0 saturated carbocycles. The normalized spacial score (nSPS) is 10.2. The zero-order chi connectivity index (χ0) is 19.8. The molecular weight excluding hydrogens is 362 g/mol. The van der Waals surface area contributed by atoms with Crippen molar-refractivity contribution in [3.8, 4) is 11.5 Å². The van der Waals surface area contributed by atoms with E-state index >= 15 is 0 Å². The van der Waals surface area contributed by atoms with Crippen LogP contribution >= 0.6 is 0 Å². The van der Waals surface area contributed by atoms with Crippen LogP contribution < -0.4 is 20.1 Å². The van der Waals surface area contributed by atoms with Crippen LogP contribution in [-0.2, 0) is 11.4 Å². The van der Waals surface area contributed by atoms with E-state index in [2.05, 4.69) is 15.6 Å². The number of ether oxygens (including phenoxy) is 2. The molecule has 0 saturated heterocycles. The van der Waals surface area contributed by atoms with Crippen LogP contribution in [0.2, 0.25) is 0 Å². The molecule has 0 spiro atoms. The smallest absolute Gasteiger partial charge is 0.287 e. The Bertz CT molecular complexity index is 926. The number of furan rings is 1. The van der Waals surface area contributed by atoms with Crippen LogP contribution in [0.25, 0.3) is 0 Å². The van der Waals surface area contributed by atoms with Crippen molar-refractivity contribution in [3.63, 3.8) is 0 Å². The Morgan fingerprint density at radius 3 is 2.75 bits per heavy atom. The van der Waals surface area contributed by atoms with Gasteiger partial charge >= 0.3 is 0 Å². The van der Waals surface area contributed by atoms with Gasteiger partial charge in [-0.05, 0) is 30.3 Å². The molecule has 2 heterocycles. The number of benzene rings is 1. The third-order valence-electron chi connectivity index (χ3n) is 3.72. The fourth-order valence-electron chi connectivity index (χ4n) is 2.37. The average molecular weight is 381 g/mol. The highest BCUT2D eigenvalue weighted by Gasteiger charge is 2.12. The number of hydrogen-bond acceptors (Lipinski definition) is 6. The van der Waals surface area contributed by atoms with Gasteiger partial charge in [0.25, 0.3) is 5.91 Å². The molecule has 0 atom stereocenters. The number of anilines is 1. The monoisotopic (exact) mass is 381 g/mol. The van der Waals surface area contributed by atoms with Gasteiger partial charge in [-0.2, -0.15) is 0 Å². The topological polar surface area (TPSA) is 103 Å². The molecule has 0 fully saturated rings. The summed E-state index contributed by atoms with van der Waals surface area (Å²) in [5.41, 5.74) is 1.42. The molecule has 0 aliphatic carbocycles. The van der Waals surface area contributed by atoms with Crippen LogP contribution in [0, 0.1) is 0 Å². The summed E-state index contributed by atoms with van der Waals surface area (Å²) in [6.07, 6.45) is 4.78. The van der Waals surface area contributed by atoms with Crippen molar-refractivity contribution in [1.82, 2.24) is 10.3 Å². The highest BCUT2D eigenvalue weighted by atomic mass is 16.5. The van der Waals surface area contributed by atoms with Crippen molar-refractivity contribution in [1.29, 1.82) is 0 Å². The van der Waals surface area contributed by atoms with E-state index in [1.165, 1.54) is 19.4 Å². The lowest BCUT2D eigenvalue weighted by molar-refractivity contribution is -0.115. The number of methoxy groups -OCH3 is 1. The molecule has 0 aliphatic rings. The van der Waals surface area contributed by atoms with Gasteiger partial charge in [-0.25, -0.2) is 0 Å². The van der Waals surface area contributed by atoms with E-state index in [1.807, 2.05) is 12.1 Å². The van der Waals surface area contributed by atoms with Crippen molar-refractivity contribution in [2.75, 3.05) is 19.0 Å². The predicted octanol–water partition coefficient (Wildman–Crippen LogP) is 2.63. The Hall–Kier alpha value is -3.81. The second-order valence-electron chi connectivity index (χ2n) is 5.72. The van der Waals surface area contributed by atoms with Crippen molar-refractivity contribution >= 4 is 17.5 Å². The third kappa shape index (κ3) is 5.10. The Kier molecular flexibility index (Phi) is 6.25. The van der Waals surface area contributed by atoms with Gasteiger partial charge < -0.3 is 24.5 Å². The predicted molar refractivity (Wildman–Crippen MR) is 101 cm³/mol. The molecule has 2 aromatic heterocycles. The molecule has 28 heavy (non-hydrogen) atoms. The van der Waals surface area contributed by atoms with Crippen molar-refractivity contribution in [2.24, 2.45) is 0 Å². The first-order chi connectivity index (χ1) is 13.7. The van der Waals surface area contributed by atoms with E-state index in [0.29, 0.717) is 23.8 Å². The zero-order valence-electron chi connectivity index (χ0n) is 15.2. The molecule has 3 rings (SSSR count). The zero-order valence-corrected chi connectivity index (χ0v) is 15.2. The summed E-state index contributed by atoms with van der Waals surface area (Å²) in [5, 5.41) is 5.18. The largest absolute Gasteiger partial charge is 0.493 e. The van der Waals surface area contributed by atoms with Crippen molar-refractivity contribution < 1.29 is 23.5 Å². The molecule has 3 aromatic rings. The Morgan fingerprint density at radius 2 is 2.04 bits per heavy atom. The number of carbonyl (C=O) groups excluding carboxylic acids is 2. The lowest BCUT2D eigenvalue weighted by Crippen LogP contribution is -2.32. The molecule has 8 nitrogen and oxygen atoms in total. The van der Waals surface area contributed by atoms with Crippen LogP contribution in [0.4, 0.5) is 5.69 Å². The van der Waals surface area contributed by atoms with Gasteiger partial charge in [-0.15, -0.1) is 0 Å². The minimum absolute atomic E-state index is 0.142. The first kappa shape index (κ1) is 19.0. The van der Waals surface area contributed by atoms with Crippen LogP contribution in [0.15, 0.2) is 65.5 Å². The van der Waals surface area contributed by atoms with Crippen LogP contribution in [0.5, 0.6) is 11.5 Å². The number of aromatic nitrogens is 1. The molecule has 144 valence electrons. The summed E-state index contributed by atoms with van der Waals surface area (Å²) in [7, 11) is 1.54. The fraction of sp³-hybridized carbons (Fsp3) is 0.150. The fourth-order valence-corrected chi connectivity index (χ4v) is 2.37. The Balaban J connectivity index is 1.58. The Morgan fingerprint density at radius 1 is 1.14 bits per heavy atom. The van der Waals surface area contributed by atoms with Gasteiger partial charge in [0.05, 0.1) is 19.9 Å². The van der Waals surface area contributed by atoms with E-state index in [-0.39, 0.29) is 18.2 Å². The SMILES string of the molecule is COc1ccc(NC(=O)CNC(=O)c2ccco2)cc1OCc1cccnc1. The maximum atomic E-state index is 12.1. The molecule has 0 radical (unpaired) electrons. The van der Waals surface area contributed by atoms with Gasteiger partial charge in [0.15, 0.2) is 17.3 Å². The minimum Gasteiger partial charge on any atom is -0.493 e. The van der Waals surface area contributed by atoms with Gasteiger partial charge in [-0.3, -0.25) is 14.6 Å². The molecule has 2 N–H and O–H groups in total. The number of nitrogens with zero attached hydrogens (tertiary/aromatic N) is 1. The summed E-state index contributed by atoms with van der Waals surface area (Å²) < 4.78 is 16.1. The third-order valence-corrected chi connectivity index (χ3v) is 3.72. The molecule has 8 heteroatoms. The van der Waals surface area contributed by atoms with Crippen molar-refractivity contribution in [3.05, 3.63) is 72.4 Å². The number of pyridine rings is 1. The lowest BCUT2D eigenvalue weighted by Gasteiger charge is -2.13. The summed E-state index contributed by atoms with van der Waals surface area (Å²) in [5.74, 6) is 0.304. The van der Waals surface area contributed by atoms with Gasteiger partial charge in [0.2, 0.25) is 5.91 Å². The average Bonchev–Trinajstić information content (AvgIpc) is 3.26. The molecule has 0 aliphatic heterocycles. The number of amides is 2. The van der Waals surface area contributed by atoms with E-state index < -0.39 is 5.91 Å². The van der Waals surface area contributed by atoms with Crippen molar-refractivity contribution in [2.45, 2.75) is 6.61 Å². The van der Waals surface area contributed by atoms with E-state index in [0.717, 1.165) is 5.56 Å². The summed E-state index contributed by atoms with van der Waals surface area (Å²) in [6.45, 7) is 0.109. The minimum atomic E-state index is -0.463.